The van der Waals surface area contributed by atoms with Gasteiger partial charge in [-0.3, -0.25) is 0 Å². The van der Waals surface area contributed by atoms with Crippen LogP contribution in [0.3, 0.4) is 0 Å². The summed E-state index contributed by atoms with van der Waals surface area (Å²) in [7, 11) is 0. The normalized spacial score (nSPS) is 10.8. The van der Waals surface area contributed by atoms with Gasteiger partial charge >= 0.3 is 0 Å². The molecule has 1 rings (SSSR count). The van der Waals surface area contributed by atoms with E-state index in [4.69, 9.17) is 0 Å². The summed E-state index contributed by atoms with van der Waals surface area (Å²) in [6.45, 7) is 12.7. The van der Waals surface area contributed by atoms with E-state index >= 15 is 0 Å². The lowest BCUT2D eigenvalue weighted by molar-refractivity contribution is 0.660. The highest BCUT2D eigenvalue weighted by Crippen LogP contribution is 2.17. The predicted octanol–water partition coefficient (Wildman–Crippen LogP) is 3.23. The summed E-state index contributed by atoms with van der Waals surface area (Å²) in [6, 6.07) is 2.52. The van der Waals surface area contributed by atoms with E-state index < -0.39 is 0 Å². The summed E-state index contributed by atoms with van der Waals surface area (Å²) in [5.74, 6) is 1.77. The van der Waals surface area contributed by atoms with E-state index in [1.54, 1.807) is 0 Å². The smallest absolute Gasteiger partial charge is 0.224 e. The predicted molar refractivity (Wildman–Crippen MR) is 78.3 cm³/mol. The molecule has 0 radical (unpaired) electrons. The first-order valence-electron chi connectivity index (χ1n) is 6.94. The van der Waals surface area contributed by atoms with Crippen LogP contribution in [0.4, 0.5) is 11.8 Å². The van der Waals surface area contributed by atoms with Gasteiger partial charge in [0, 0.05) is 30.9 Å². The molecule has 0 bridgehead atoms. The van der Waals surface area contributed by atoms with Gasteiger partial charge < -0.3 is 10.2 Å². The Morgan fingerprint density at radius 1 is 1.22 bits per heavy atom. The summed E-state index contributed by atoms with van der Waals surface area (Å²) in [6.07, 6.45) is 2.20. The molecule has 0 unspecified atom stereocenters. The lowest BCUT2D eigenvalue weighted by Gasteiger charge is -2.27. The van der Waals surface area contributed by atoms with Crippen molar-refractivity contribution in [3.63, 3.8) is 0 Å². The molecule has 0 amide bonds. The standard InChI is InChI=1S/C14H26N4/c1-6-8-15-14-16-12(5)10-13(17-14)18(9-7-2)11(3)4/h10-11H,6-9H2,1-5H3,(H,15,16,17). The Morgan fingerprint density at radius 3 is 2.50 bits per heavy atom. The zero-order valence-electron chi connectivity index (χ0n) is 12.3. The van der Waals surface area contributed by atoms with Gasteiger partial charge in [-0.05, 0) is 33.6 Å². The van der Waals surface area contributed by atoms with E-state index in [9.17, 15) is 0 Å². The van der Waals surface area contributed by atoms with E-state index in [1.807, 2.05) is 6.92 Å². The van der Waals surface area contributed by atoms with Gasteiger partial charge in [-0.1, -0.05) is 13.8 Å². The van der Waals surface area contributed by atoms with Gasteiger partial charge in [-0.2, -0.15) is 4.98 Å². The Morgan fingerprint density at radius 2 is 1.94 bits per heavy atom. The number of anilines is 2. The second-order valence-corrected chi connectivity index (χ2v) is 4.91. The molecular weight excluding hydrogens is 224 g/mol. The molecule has 18 heavy (non-hydrogen) atoms. The molecule has 1 aromatic heterocycles. The first-order valence-corrected chi connectivity index (χ1v) is 6.94. The molecule has 0 saturated carbocycles. The molecule has 0 saturated heterocycles. The molecule has 4 nitrogen and oxygen atoms in total. The Bertz CT molecular complexity index is 363. The maximum absolute atomic E-state index is 4.62. The highest BCUT2D eigenvalue weighted by atomic mass is 15.2. The Labute approximate surface area is 111 Å². The minimum absolute atomic E-state index is 0.457. The van der Waals surface area contributed by atoms with Gasteiger partial charge in [0.25, 0.3) is 0 Å². The molecule has 0 atom stereocenters. The Hall–Kier alpha value is -1.32. The molecule has 102 valence electrons. The zero-order chi connectivity index (χ0) is 13.5. The van der Waals surface area contributed by atoms with Crippen LogP contribution in [-0.4, -0.2) is 29.1 Å². The third-order valence-electron chi connectivity index (χ3n) is 2.76. The monoisotopic (exact) mass is 250 g/mol. The molecule has 0 fully saturated rings. The van der Waals surface area contributed by atoms with Crippen molar-refractivity contribution in [1.82, 2.24) is 9.97 Å². The minimum atomic E-state index is 0.457. The highest BCUT2D eigenvalue weighted by molar-refractivity contribution is 5.45. The van der Waals surface area contributed by atoms with Crippen LogP contribution in [-0.2, 0) is 0 Å². The molecule has 1 aromatic rings. The Kier molecular flexibility index (Phi) is 5.89. The van der Waals surface area contributed by atoms with Crippen molar-refractivity contribution in [2.45, 2.75) is 53.5 Å². The molecule has 0 aliphatic heterocycles. The van der Waals surface area contributed by atoms with E-state index in [0.717, 1.165) is 43.4 Å². The summed E-state index contributed by atoms with van der Waals surface area (Å²) >= 11 is 0. The Balaban J connectivity index is 2.95. The SMILES string of the molecule is CCCNc1nc(C)cc(N(CCC)C(C)C)n1. The largest absolute Gasteiger partial charge is 0.354 e. The van der Waals surface area contributed by atoms with Crippen molar-refractivity contribution < 1.29 is 0 Å². The van der Waals surface area contributed by atoms with Gasteiger partial charge in [0.2, 0.25) is 5.95 Å². The minimum Gasteiger partial charge on any atom is -0.354 e. The van der Waals surface area contributed by atoms with Crippen LogP contribution in [0.25, 0.3) is 0 Å². The summed E-state index contributed by atoms with van der Waals surface area (Å²) in [5, 5.41) is 3.26. The third-order valence-corrected chi connectivity index (χ3v) is 2.76. The van der Waals surface area contributed by atoms with Crippen molar-refractivity contribution >= 4 is 11.8 Å². The van der Waals surface area contributed by atoms with Crippen LogP contribution >= 0.6 is 0 Å². The third kappa shape index (κ3) is 4.17. The van der Waals surface area contributed by atoms with E-state index in [-0.39, 0.29) is 0 Å². The van der Waals surface area contributed by atoms with Gasteiger partial charge in [0.1, 0.15) is 5.82 Å². The topological polar surface area (TPSA) is 41.1 Å². The average molecular weight is 250 g/mol. The number of rotatable bonds is 7. The van der Waals surface area contributed by atoms with Crippen molar-refractivity contribution in [1.29, 1.82) is 0 Å². The average Bonchev–Trinajstić information content (AvgIpc) is 2.32. The van der Waals surface area contributed by atoms with Crippen molar-refractivity contribution in [2.75, 3.05) is 23.3 Å². The van der Waals surface area contributed by atoms with E-state index in [1.165, 1.54) is 0 Å². The van der Waals surface area contributed by atoms with Crippen molar-refractivity contribution in [3.05, 3.63) is 11.8 Å². The molecule has 1 heterocycles. The number of hydrogen-bond donors (Lipinski definition) is 1. The maximum Gasteiger partial charge on any atom is 0.224 e. The molecule has 0 aliphatic carbocycles. The number of hydrogen-bond acceptors (Lipinski definition) is 4. The second-order valence-electron chi connectivity index (χ2n) is 4.91. The van der Waals surface area contributed by atoms with Crippen LogP contribution in [0.2, 0.25) is 0 Å². The maximum atomic E-state index is 4.62. The second kappa shape index (κ2) is 7.19. The summed E-state index contributed by atoms with van der Waals surface area (Å²) in [4.78, 5) is 11.4. The first kappa shape index (κ1) is 14.7. The fraction of sp³-hybridized carbons (Fsp3) is 0.714. The van der Waals surface area contributed by atoms with Gasteiger partial charge in [-0.25, -0.2) is 4.98 Å². The number of nitrogens with zero attached hydrogens (tertiary/aromatic N) is 3. The lowest BCUT2D eigenvalue weighted by atomic mass is 10.2. The van der Waals surface area contributed by atoms with Crippen LogP contribution in [0, 0.1) is 6.92 Å². The van der Waals surface area contributed by atoms with Crippen molar-refractivity contribution in [3.8, 4) is 0 Å². The molecular formula is C14H26N4. The molecule has 0 aliphatic rings. The van der Waals surface area contributed by atoms with Crippen LogP contribution in [0.5, 0.6) is 0 Å². The molecule has 4 heteroatoms. The van der Waals surface area contributed by atoms with Gasteiger partial charge in [0.05, 0.1) is 0 Å². The first-order chi connectivity index (χ1) is 8.58. The van der Waals surface area contributed by atoms with E-state index in [0.29, 0.717) is 6.04 Å². The summed E-state index contributed by atoms with van der Waals surface area (Å²) < 4.78 is 0. The van der Waals surface area contributed by atoms with E-state index in [2.05, 4.69) is 53.9 Å². The number of aromatic nitrogens is 2. The zero-order valence-corrected chi connectivity index (χ0v) is 12.3. The van der Waals surface area contributed by atoms with Crippen LogP contribution in [0.15, 0.2) is 6.07 Å². The van der Waals surface area contributed by atoms with Gasteiger partial charge in [-0.15, -0.1) is 0 Å². The van der Waals surface area contributed by atoms with Crippen LogP contribution in [0.1, 0.15) is 46.2 Å². The van der Waals surface area contributed by atoms with Crippen molar-refractivity contribution in [2.24, 2.45) is 0 Å². The fourth-order valence-corrected chi connectivity index (χ4v) is 1.89. The molecule has 0 spiro atoms. The molecule has 0 aromatic carbocycles. The number of nitrogens with one attached hydrogen (secondary N) is 1. The summed E-state index contributed by atoms with van der Waals surface area (Å²) in [5.41, 5.74) is 1.01. The highest BCUT2D eigenvalue weighted by Gasteiger charge is 2.12. The lowest BCUT2D eigenvalue weighted by Crippen LogP contribution is -2.32. The number of aryl methyl sites for hydroxylation is 1. The quantitative estimate of drug-likeness (QED) is 0.806. The molecule has 1 N–H and O–H groups in total. The van der Waals surface area contributed by atoms with Crippen LogP contribution < -0.4 is 10.2 Å². The van der Waals surface area contributed by atoms with Gasteiger partial charge in [0.15, 0.2) is 0 Å². The fourth-order valence-electron chi connectivity index (χ4n) is 1.89.